The molecular formula is C16H20FNO4. The van der Waals surface area contributed by atoms with Gasteiger partial charge in [0.2, 0.25) is 5.91 Å². The molecule has 1 atom stereocenters. The van der Waals surface area contributed by atoms with Crippen molar-refractivity contribution >= 4 is 11.9 Å². The highest BCUT2D eigenvalue weighted by molar-refractivity contribution is 5.80. The third kappa shape index (κ3) is 3.75. The number of amides is 1. The molecule has 1 unspecified atom stereocenters. The van der Waals surface area contributed by atoms with Crippen LogP contribution in [0.15, 0.2) is 24.3 Å². The number of rotatable bonds is 6. The lowest BCUT2D eigenvalue weighted by atomic mass is 9.90. The van der Waals surface area contributed by atoms with E-state index in [4.69, 9.17) is 9.84 Å². The Hall–Kier alpha value is -2.11. The van der Waals surface area contributed by atoms with Crippen molar-refractivity contribution in [1.82, 2.24) is 4.90 Å². The van der Waals surface area contributed by atoms with Crippen LogP contribution in [0.2, 0.25) is 0 Å². The molecule has 1 aromatic carbocycles. The van der Waals surface area contributed by atoms with Crippen LogP contribution in [0.4, 0.5) is 4.39 Å². The van der Waals surface area contributed by atoms with E-state index in [1.165, 1.54) is 12.1 Å². The average molecular weight is 309 g/mol. The van der Waals surface area contributed by atoms with Crippen molar-refractivity contribution in [3.05, 3.63) is 30.1 Å². The highest BCUT2D eigenvalue weighted by Crippen LogP contribution is 2.30. The molecule has 1 heterocycles. The van der Waals surface area contributed by atoms with E-state index in [1.54, 1.807) is 24.0 Å². The lowest BCUT2D eigenvalue weighted by Gasteiger charge is -2.20. The van der Waals surface area contributed by atoms with Gasteiger partial charge in [0.25, 0.3) is 0 Å². The molecule has 1 saturated heterocycles. The van der Waals surface area contributed by atoms with Gasteiger partial charge in [0.1, 0.15) is 0 Å². The first kappa shape index (κ1) is 16.3. The Morgan fingerprint density at radius 1 is 1.41 bits per heavy atom. The maximum atomic E-state index is 13.3. The molecule has 5 nitrogen and oxygen atoms in total. The molecule has 0 aliphatic carbocycles. The predicted molar refractivity (Wildman–Crippen MR) is 78.1 cm³/mol. The Balaban J connectivity index is 1.73. The predicted octanol–water partition coefficient (Wildman–Crippen LogP) is 2.31. The standard InChI is InChI=1S/C16H20FNO4/c1-16(15(20)21)8-9-18(11-16)14(19)7-4-10-22-13-6-3-2-5-12(13)17/h2-3,5-6H,4,7-11H2,1H3,(H,20,21). The van der Waals surface area contributed by atoms with Crippen LogP contribution >= 0.6 is 0 Å². The summed E-state index contributed by atoms with van der Waals surface area (Å²) in [6.45, 7) is 2.62. The maximum absolute atomic E-state index is 13.3. The van der Waals surface area contributed by atoms with Crippen molar-refractivity contribution in [3.8, 4) is 5.75 Å². The second-order valence-corrected chi connectivity index (χ2v) is 5.81. The van der Waals surface area contributed by atoms with E-state index in [9.17, 15) is 14.0 Å². The fourth-order valence-corrected chi connectivity index (χ4v) is 2.47. The number of hydrogen-bond acceptors (Lipinski definition) is 3. The van der Waals surface area contributed by atoms with Gasteiger partial charge in [-0.15, -0.1) is 0 Å². The van der Waals surface area contributed by atoms with Crippen molar-refractivity contribution in [2.24, 2.45) is 5.41 Å². The highest BCUT2D eigenvalue weighted by atomic mass is 19.1. The van der Waals surface area contributed by atoms with Crippen LogP contribution < -0.4 is 4.74 Å². The Morgan fingerprint density at radius 2 is 2.14 bits per heavy atom. The number of aliphatic carboxylic acids is 1. The lowest BCUT2D eigenvalue weighted by Crippen LogP contribution is -2.34. The monoisotopic (exact) mass is 309 g/mol. The van der Waals surface area contributed by atoms with Crippen LogP contribution in [0.3, 0.4) is 0 Å². The summed E-state index contributed by atoms with van der Waals surface area (Å²) in [6, 6.07) is 6.12. The van der Waals surface area contributed by atoms with Crippen LogP contribution in [-0.2, 0) is 9.59 Å². The van der Waals surface area contributed by atoms with Crippen LogP contribution in [0.5, 0.6) is 5.75 Å². The van der Waals surface area contributed by atoms with Gasteiger partial charge in [-0.3, -0.25) is 9.59 Å². The number of hydrogen-bond donors (Lipinski definition) is 1. The van der Waals surface area contributed by atoms with Crippen LogP contribution in [-0.4, -0.2) is 41.6 Å². The topological polar surface area (TPSA) is 66.8 Å². The molecule has 0 spiro atoms. The smallest absolute Gasteiger partial charge is 0.311 e. The van der Waals surface area contributed by atoms with E-state index in [0.29, 0.717) is 19.4 Å². The van der Waals surface area contributed by atoms with E-state index in [0.717, 1.165) is 0 Å². The lowest BCUT2D eigenvalue weighted by molar-refractivity contribution is -0.147. The molecule has 1 fully saturated rings. The molecule has 0 radical (unpaired) electrons. The first-order valence-corrected chi connectivity index (χ1v) is 7.31. The summed E-state index contributed by atoms with van der Waals surface area (Å²) in [4.78, 5) is 24.8. The summed E-state index contributed by atoms with van der Waals surface area (Å²) in [5.74, 6) is -1.20. The van der Waals surface area contributed by atoms with Crippen molar-refractivity contribution < 1.29 is 23.8 Å². The molecule has 0 aromatic heterocycles. The molecule has 120 valence electrons. The first-order valence-electron chi connectivity index (χ1n) is 7.31. The zero-order chi connectivity index (χ0) is 16.2. The van der Waals surface area contributed by atoms with Crippen LogP contribution in [0, 0.1) is 11.2 Å². The van der Waals surface area contributed by atoms with Gasteiger partial charge in [-0.05, 0) is 31.9 Å². The molecule has 2 rings (SSSR count). The van der Waals surface area contributed by atoms with Gasteiger partial charge in [-0.2, -0.15) is 0 Å². The average Bonchev–Trinajstić information content (AvgIpc) is 2.89. The number of carboxylic acids is 1. The summed E-state index contributed by atoms with van der Waals surface area (Å²) < 4.78 is 18.6. The zero-order valence-electron chi connectivity index (χ0n) is 12.5. The second kappa shape index (κ2) is 6.77. The number of ether oxygens (including phenoxy) is 1. The van der Waals surface area contributed by atoms with Gasteiger partial charge >= 0.3 is 5.97 Å². The van der Waals surface area contributed by atoms with Crippen molar-refractivity contribution in [1.29, 1.82) is 0 Å². The molecule has 22 heavy (non-hydrogen) atoms. The Bertz CT molecular complexity index is 563. The molecule has 0 saturated carbocycles. The molecule has 0 bridgehead atoms. The fraction of sp³-hybridized carbons (Fsp3) is 0.500. The van der Waals surface area contributed by atoms with Gasteiger partial charge in [0, 0.05) is 19.5 Å². The second-order valence-electron chi connectivity index (χ2n) is 5.81. The van der Waals surface area contributed by atoms with Crippen molar-refractivity contribution in [2.45, 2.75) is 26.2 Å². The van der Waals surface area contributed by atoms with Gasteiger partial charge < -0.3 is 14.7 Å². The summed E-state index contributed by atoms with van der Waals surface area (Å²) in [5, 5.41) is 9.14. The third-order valence-electron chi connectivity index (χ3n) is 3.97. The molecule has 1 aliphatic heterocycles. The number of carbonyl (C=O) groups is 2. The van der Waals surface area contributed by atoms with E-state index in [1.807, 2.05) is 0 Å². The SMILES string of the molecule is CC1(C(=O)O)CCN(C(=O)CCCOc2ccccc2F)C1. The summed E-state index contributed by atoms with van der Waals surface area (Å²) in [6.07, 6.45) is 1.21. The van der Waals surface area contributed by atoms with E-state index in [2.05, 4.69) is 0 Å². The molecular weight excluding hydrogens is 289 g/mol. The van der Waals surface area contributed by atoms with Gasteiger partial charge in [-0.1, -0.05) is 12.1 Å². The number of halogens is 1. The Labute approximate surface area is 128 Å². The van der Waals surface area contributed by atoms with Crippen LogP contribution in [0.1, 0.15) is 26.2 Å². The molecule has 1 aliphatic rings. The highest BCUT2D eigenvalue weighted by Gasteiger charge is 2.41. The number of carboxylic acid groups (broad SMARTS) is 1. The number of nitrogens with zero attached hydrogens (tertiary/aromatic N) is 1. The summed E-state index contributed by atoms with van der Waals surface area (Å²) in [5.41, 5.74) is -0.848. The number of benzene rings is 1. The van der Waals surface area contributed by atoms with Gasteiger partial charge in [0.05, 0.1) is 12.0 Å². The molecule has 1 aromatic rings. The maximum Gasteiger partial charge on any atom is 0.311 e. The summed E-state index contributed by atoms with van der Waals surface area (Å²) in [7, 11) is 0. The number of para-hydroxylation sites is 1. The Morgan fingerprint density at radius 3 is 2.77 bits per heavy atom. The number of carbonyl (C=O) groups excluding carboxylic acids is 1. The number of likely N-dealkylation sites (tertiary alicyclic amines) is 1. The molecule has 1 N–H and O–H groups in total. The summed E-state index contributed by atoms with van der Waals surface area (Å²) >= 11 is 0. The van der Waals surface area contributed by atoms with E-state index in [-0.39, 0.29) is 31.2 Å². The van der Waals surface area contributed by atoms with Gasteiger partial charge in [0.15, 0.2) is 11.6 Å². The minimum atomic E-state index is -0.870. The van der Waals surface area contributed by atoms with Crippen molar-refractivity contribution in [3.63, 3.8) is 0 Å². The van der Waals surface area contributed by atoms with Crippen LogP contribution in [0.25, 0.3) is 0 Å². The third-order valence-corrected chi connectivity index (χ3v) is 3.97. The molecule has 1 amide bonds. The quantitative estimate of drug-likeness (QED) is 0.819. The normalized spacial score (nSPS) is 20.9. The van der Waals surface area contributed by atoms with E-state index < -0.39 is 17.2 Å². The Kier molecular flexibility index (Phi) is 5.00. The minimum absolute atomic E-state index is 0.0814. The van der Waals surface area contributed by atoms with Crippen molar-refractivity contribution in [2.75, 3.05) is 19.7 Å². The fourth-order valence-electron chi connectivity index (χ4n) is 2.47. The largest absolute Gasteiger partial charge is 0.491 e. The first-order chi connectivity index (χ1) is 10.4. The van der Waals surface area contributed by atoms with E-state index >= 15 is 0 Å². The zero-order valence-corrected chi connectivity index (χ0v) is 12.5. The minimum Gasteiger partial charge on any atom is -0.491 e. The van der Waals surface area contributed by atoms with Gasteiger partial charge in [-0.25, -0.2) is 4.39 Å². The molecule has 6 heteroatoms.